The molecule has 0 bridgehead atoms. The summed E-state index contributed by atoms with van der Waals surface area (Å²) in [6.07, 6.45) is 0.928. The number of nitrogens with zero attached hydrogens (tertiary/aromatic N) is 1. The number of ether oxygens (including phenoxy) is 1. The molecule has 4 nitrogen and oxygen atoms in total. The second-order valence-corrected chi connectivity index (χ2v) is 9.59. The van der Waals surface area contributed by atoms with E-state index >= 15 is 0 Å². The molecule has 0 amide bonds. The Morgan fingerprint density at radius 1 is 0.757 bits per heavy atom. The Morgan fingerprint density at radius 2 is 1.43 bits per heavy atom. The molecule has 0 radical (unpaired) electrons. The van der Waals surface area contributed by atoms with E-state index in [0.29, 0.717) is 5.56 Å². The van der Waals surface area contributed by atoms with E-state index in [1.165, 1.54) is 34.8 Å². The van der Waals surface area contributed by atoms with Gasteiger partial charge in [0.1, 0.15) is 23.2 Å². The highest BCUT2D eigenvalue weighted by Crippen LogP contribution is 2.32. The molecule has 37 heavy (non-hydrogen) atoms. The number of fused-ring (bicyclic) bond motifs is 1. The molecule has 5 aromatic rings. The standard InChI is InChI=1S/C30H27F2N3OS/c1-36-27-10-7-22(8-11-27)21-5-3-20(4-6-21)19-33-13-2-14-34-30-28-17-23(9-12-29(28)37-35-30)24-15-25(31)18-26(32)16-24/h3-12,15-18,33H,2,13-14,19H2,1H3,(H,34,35). The van der Waals surface area contributed by atoms with Gasteiger partial charge in [-0.25, -0.2) is 8.78 Å². The Kier molecular flexibility index (Phi) is 7.73. The molecule has 0 aliphatic carbocycles. The average molecular weight is 516 g/mol. The molecule has 188 valence electrons. The fourth-order valence-electron chi connectivity index (χ4n) is 4.22. The van der Waals surface area contributed by atoms with Gasteiger partial charge >= 0.3 is 0 Å². The average Bonchev–Trinajstić information content (AvgIpc) is 3.32. The lowest BCUT2D eigenvalue weighted by Crippen LogP contribution is -2.17. The number of hydrogen-bond donors (Lipinski definition) is 2. The molecule has 0 aliphatic heterocycles. The molecule has 7 heteroatoms. The van der Waals surface area contributed by atoms with E-state index in [1.807, 2.05) is 30.3 Å². The maximum absolute atomic E-state index is 13.7. The summed E-state index contributed by atoms with van der Waals surface area (Å²) in [5, 5.41) is 7.85. The van der Waals surface area contributed by atoms with E-state index < -0.39 is 11.6 Å². The highest BCUT2D eigenvalue weighted by molar-refractivity contribution is 7.13. The lowest BCUT2D eigenvalue weighted by molar-refractivity contribution is 0.415. The normalized spacial score (nSPS) is 11.1. The number of halogens is 2. The van der Waals surface area contributed by atoms with Gasteiger partial charge in [-0.05, 0) is 88.7 Å². The van der Waals surface area contributed by atoms with Crippen molar-refractivity contribution in [1.82, 2.24) is 9.69 Å². The zero-order valence-corrected chi connectivity index (χ0v) is 21.2. The van der Waals surface area contributed by atoms with Gasteiger partial charge < -0.3 is 15.4 Å². The third-order valence-electron chi connectivity index (χ3n) is 6.20. The van der Waals surface area contributed by atoms with Crippen molar-refractivity contribution in [2.24, 2.45) is 0 Å². The van der Waals surface area contributed by atoms with Gasteiger partial charge in [-0.2, -0.15) is 4.37 Å². The molecule has 0 unspecified atom stereocenters. The number of anilines is 1. The molecule has 0 atom stereocenters. The van der Waals surface area contributed by atoms with E-state index in [4.69, 9.17) is 4.74 Å². The maximum atomic E-state index is 13.7. The minimum absolute atomic E-state index is 0.512. The molecule has 5 rings (SSSR count). The second kappa shape index (κ2) is 11.5. The molecule has 0 fully saturated rings. The van der Waals surface area contributed by atoms with Gasteiger partial charge in [-0.15, -0.1) is 0 Å². The fourth-order valence-corrected chi connectivity index (χ4v) is 4.95. The molecule has 1 aromatic heterocycles. The number of aromatic nitrogens is 1. The van der Waals surface area contributed by atoms with Crippen LogP contribution in [0.1, 0.15) is 12.0 Å². The summed E-state index contributed by atoms with van der Waals surface area (Å²) in [5.41, 5.74) is 4.84. The van der Waals surface area contributed by atoms with Crippen LogP contribution in [0, 0.1) is 11.6 Å². The first kappa shape index (κ1) is 24.9. The van der Waals surface area contributed by atoms with Gasteiger partial charge in [0.15, 0.2) is 0 Å². The first-order chi connectivity index (χ1) is 18.1. The fraction of sp³-hybridized carbons (Fsp3) is 0.167. The molecular formula is C30H27F2N3OS. The third-order valence-corrected chi connectivity index (χ3v) is 7.02. The Labute approximate surface area is 219 Å². The van der Waals surface area contributed by atoms with Gasteiger partial charge in [-0.1, -0.05) is 42.5 Å². The van der Waals surface area contributed by atoms with Crippen molar-refractivity contribution in [3.63, 3.8) is 0 Å². The largest absolute Gasteiger partial charge is 0.497 e. The van der Waals surface area contributed by atoms with Crippen LogP contribution in [0.15, 0.2) is 84.9 Å². The minimum Gasteiger partial charge on any atom is -0.497 e. The van der Waals surface area contributed by atoms with Crippen LogP contribution < -0.4 is 15.4 Å². The molecule has 0 saturated heterocycles. The van der Waals surface area contributed by atoms with Crippen molar-refractivity contribution in [1.29, 1.82) is 0 Å². The topological polar surface area (TPSA) is 46.2 Å². The van der Waals surface area contributed by atoms with Gasteiger partial charge in [0, 0.05) is 24.5 Å². The molecule has 4 aromatic carbocycles. The predicted molar refractivity (Wildman–Crippen MR) is 148 cm³/mol. The molecular weight excluding hydrogens is 488 g/mol. The minimum atomic E-state index is -0.586. The molecule has 1 heterocycles. The van der Waals surface area contributed by atoms with Crippen LogP contribution in [0.3, 0.4) is 0 Å². The summed E-state index contributed by atoms with van der Waals surface area (Å²) in [5.74, 6) is 0.482. The van der Waals surface area contributed by atoms with Crippen molar-refractivity contribution in [2.45, 2.75) is 13.0 Å². The smallest absolute Gasteiger partial charge is 0.147 e. The Balaban J connectivity index is 1.11. The van der Waals surface area contributed by atoms with Gasteiger partial charge in [0.25, 0.3) is 0 Å². The van der Waals surface area contributed by atoms with Gasteiger partial charge in [0.2, 0.25) is 0 Å². The van der Waals surface area contributed by atoms with Crippen molar-refractivity contribution in [3.05, 3.63) is 102 Å². The Bertz CT molecular complexity index is 1460. The molecule has 0 saturated carbocycles. The summed E-state index contributed by atoms with van der Waals surface area (Å²) < 4.78 is 38.1. The third kappa shape index (κ3) is 6.13. The maximum Gasteiger partial charge on any atom is 0.147 e. The van der Waals surface area contributed by atoms with Crippen molar-refractivity contribution < 1.29 is 13.5 Å². The molecule has 0 aliphatic rings. The number of benzene rings is 4. The lowest BCUT2D eigenvalue weighted by Gasteiger charge is -2.08. The van der Waals surface area contributed by atoms with Crippen LogP contribution in [-0.4, -0.2) is 24.6 Å². The highest BCUT2D eigenvalue weighted by Gasteiger charge is 2.09. The van der Waals surface area contributed by atoms with E-state index in [-0.39, 0.29) is 0 Å². The van der Waals surface area contributed by atoms with Crippen molar-refractivity contribution >= 4 is 27.4 Å². The van der Waals surface area contributed by atoms with E-state index in [1.54, 1.807) is 7.11 Å². The SMILES string of the molecule is COc1ccc(-c2ccc(CNCCCNc3nsc4ccc(-c5cc(F)cc(F)c5)cc34)cc2)cc1. The zero-order valence-electron chi connectivity index (χ0n) is 20.4. The Hall–Kier alpha value is -3.81. The van der Waals surface area contributed by atoms with Crippen molar-refractivity contribution in [3.8, 4) is 28.0 Å². The number of hydrogen-bond acceptors (Lipinski definition) is 5. The zero-order chi connectivity index (χ0) is 25.6. The van der Waals surface area contributed by atoms with Gasteiger partial charge in [0.05, 0.1) is 11.8 Å². The first-order valence-electron chi connectivity index (χ1n) is 12.1. The van der Waals surface area contributed by atoms with E-state index in [2.05, 4.69) is 51.4 Å². The first-order valence-corrected chi connectivity index (χ1v) is 12.9. The lowest BCUT2D eigenvalue weighted by atomic mass is 10.0. The molecule has 2 N–H and O–H groups in total. The summed E-state index contributed by atoms with van der Waals surface area (Å²) in [7, 11) is 1.67. The number of methoxy groups -OCH3 is 1. The van der Waals surface area contributed by atoms with Gasteiger partial charge in [-0.3, -0.25) is 0 Å². The van der Waals surface area contributed by atoms with Crippen LogP contribution in [-0.2, 0) is 6.54 Å². The van der Waals surface area contributed by atoms with Crippen LogP contribution in [0.5, 0.6) is 5.75 Å². The van der Waals surface area contributed by atoms with Crippen LogP contribution in [0.4, 0.5) is 14.6 Å². The summed E-state index contributed by atoms with van der Waals surface area (Å²) in [6.45, 7) is 2.43. The van der Waals surface area contributed by atoms with Crippen LogP contribution in [0.2, 0.25) is 0 Å². The predicted octanol–water partition coefficient (Wildman–Crippen LogP) is 7.51. The van der Waals surface area contributed by atoms with Crippen LogP contribution >= 0.6 is 11.5 Å². The van der Waals surface area contributed by atoms with Crippen molar-refractivity contribution in [2.75, 3.05) is 25.5 Å². The Morgan fingerprint density at radius 3 is 2.14 bits per heavy atom. The highest BCUT2D eigenvalue weighted by atomic mass is 32.1. The summed E-state index contributed by atoms with van der Waals surface area (Å²) >= 11 is 1.41. The quantitative estimate of drug-likeness (QED) is 0.189. The summed E-state index contributed by atoms with van der Waals surface area (Å²) in [4.78, 5) is 0. The summed E-state index contributed by atoms with van der Waals surface area (Å²) in [6, 6.07) is 25.9. The van der Waals surface area contributed by atoms with E-state index in [0.717, 1.165) is 64.9 Å². The number of nitrogens with one attached hydrogen (secondary N) is 2. The molecule has 0 spiro atoms. The van der Waals surface area contributed by atoms with E-state index in [9.17, 15) is 8.78 Å². The number of rotatable bonds is 10. The monoisotopic (exact) mass is 515 g/mol. The second-order valence-electron chi connectivity index (χ2n) is 8.78. The van der Waals surface area contributed by atoms with Crippen LogP contribution in [0.25, 0.3) is 32.3 Å².